The second-order valence-corrected chi connectivity index (χ2v) is 17.5. The van der Waals surface area contributed by atoms with Gasteiger partial charge < -0.3 is 4.43 Å². The molecule has 0 aromatic rings. The van der Waals surface area contributed by atoms with Crippen molar-refractivity contribution in [3.8, 4) is 0 Å². The van der Waals surface area contributed by atoms with E-state index in [9.17, 15) is 0 Å². The zero-order valence-electron chi connectivity index (χ0n) is 14.4. The molecule has 1 saturated heterocycles. The van der Waals surface area contributed by atoms with E-state index in [1.807, 2.05) is 0 Å². The molecule has 0 saturated carbocycles. The maximum absolute atomic E-state index is 6.72. The summed E-state index contributed by atoms with van der Waals surface area (Å²) in [7, 11) is -2.55. The highest BCUT2D eigenvalue weighted by molar-refractivity contribution is 6.88. The summed E-state index contributed by atoms with van der Waals surface area (Å²) in [4.78, 5) is 0. The van der Waals surface area contributed by atoms with Crippen LogP contribution < -0.4 is 0 Å². The molecule has 1 aliphatic rings. The summed E-state index contributed by atoms with van der Waals surface area (Å²) in [6, 6.07) is 2.84. The standard InChI is InChI=1S/C16H36OSi2/c1-8-10-12-16(4)14-19(16,7)17-15(3)18(5,6)13-11-9-2/h15H,8-14H2,1-7H3. The Morgan fingerprint density at radius 1 is 1.21 bits per heavy atom. The second-order valence-electron chi connectivity index (χ2n) is 7.92. The molecular weight excluding hydrogens is 264 g/mol. The fourth-order valence-electron chi connectivity index (χ4n) is 3.19. The average molecular weight is 301 g/mol. The van der Waals surface area contributed by atoms with Crippen molar-refractivity contribution in [3.63, 3.8) is 0 Å². The molecule has 3 atom stereocenters. The summed E-state index contributed by atoms with van der Waals surface area (Å²) in [5.41, 5.74) is 0.555. The van der Waals surface area contributed by atoms with Crippen LogP contribution in [0.2, 0.25) is 36.8 Å². The van der Waals surface area contributed by atoms with Crippen molar-refractivity contribution in [2.75, 3.05) is 0 Å². The zero-order chi connectivity index (χ0) is 14.7. The third-order valence-corrected chi connectivity index (χ3v) is 14.8. The minimum Gasteiger partial charge on any atom is -0.417 e. The number of rotatable bonds is 9. The zero-order valence-corrected chi connectivity index (χ0v) is 16.4. The summed E-state index contributed by atoms with van der Waals surface area (Å²) in [6.45, 7) is 17.0. The molecule has 0 amide bonds. The molecule has 3 heteroatoms. The quantitative estimate of drug-likeness (QED) is 0.476. The Hall–Kier alpha value is 0.394. The molecule has 0 aromatic heterocycles. The molecule has 1 rings (SSSR count). The lowest BCUT2D eigenvalue weighted by molar-refractivity contribution is 0.282. The molecule has 114 valence electrons. The smallest absolute Gasteiger partial charge is 0.195 e. The lowest BCUT2D eigenvalue weighted by Crippen LogP contribution is -2.45. The molecule has 19 heavy (non-hydrogen) atoms. The molecule has 0 radical (unpaired) electrons. The third kappa shape index (κ3) is 4.18. The maximum atomic E-state index is 6.72. The normalized spacial score (nSPS) is 32.4. The van der Waals surface area contributed by atoms with Gasteiger partial charge in [0, 0.05) is 5.73 Å². The van der Waals surface area contributed by atoms with Gasteiger partial charge in [0.1, 0.15) is 0 Å². The first-order chi connectivity index (χ1) is 8.71. The summed E-state index contributed by atoms with van der Waals surface area (Å²) in [5.74, 6) is 0. The van der Waals surface area contributed by atoms with Gasteiger partial charge in [-0.1, -0.05) is 65.6 Å². The van der Waals surface area contributed by atoms with E-state index < -0.39 is 16.4 Å². The van der Waals surface area contributed by atoms with Gasteiger partial charge in [-0.05, 0) is 31.0 Å². The van der Waals surface area contributed by atoms with Gasteiger partial charge in [-0.15, -0.1) is 0 Å². The van der Waals surface area contributed by atoms with E-state index in [-0.39, 0.29) is 0 Å². The van der Waals surface area contributed by atoms with Crippen molar-refractivity contribution in [2.45, 2.75) is 102 Å². The third-order valence-electron chi connectivity index (χ3n) is 5.67. The SMILES string of the molecule is CCCCC1(C)C[Si]1(C)OC(C)[Si](C)(C)CCCC. The van der Waals surface area contributed by atoms with Crippen LogP contribution in [0.15, 0.2) is 0 Å². The monoisotopic (exact) mass is 300 g/mol. The predicted octanol–water partition coefficient (Wildman–Crippen LogP) is 5.98. The number of unbranched alkanes of at least 4 members (excludes halogenated alkanes) is 2. The summed E-state index contributed by atoms with van der Waals surface area (Å²) in [6.07, 6.45) is 6.82. The van der Waals surface area contributed by atoms with Gasteiger partial charge >= 0.3 is 0 Å². The molecule has 1 aliphatic heterocycles. The highest BCUT2D eigenvalue weighted by atomic mass is 28.4. The fourth-order valence-corrected chi connectivity index (χ4v) is 11.1. The first kappa shape index (κ1) is 17.4. The van der Waals surface area contributed by atoms with Crippen molar-refractivity contribution >= 4 is 16.4 Å². The minimum absolute atomic E-state index is 0.555. The van der Waals surface area contributed by atoms with E-state index in [1.165, 1.54) is 44.2 Å². The van der Waals surface area contributed by atoms with Crippen LogP contribution in [0, 0.1) is 0 Å². The average Bonchev–Trinajstić information content (AvgIpc) is 2.86. The van der Waals surface area contributed by atoms with Crippen molar-refractivity contribution in [2.24, 2.45) is 0 Å². The van der Waals surface area contributed by atoms with Gasteiger partial charge in [0.25, 0.3) is 0 Å². The van der Waals surface area contributed by atoms with Gasteiger partial charge in [0.15, 0.2) is 8.32 Å². The summed E-state index contributed by atoms with van der Waals surface area (Å²) in [5, 5.41) is 0.590. The first-order valence-electron chi connectivity index (χ1n) is 8.38. The van der Waals surface area contributed by atoms with Crippen molar-refractivity contribution in [1.82, 2.24) is 0 Å². The fraction of sp³-hybridized carbons (Fsp3) is 1.00. The van der Waals surface area contributed by atoms with Crippen LogP contribution >= 0.6 is 0 Å². The molecule has 1 fully saturated rings. The number of hydrogen-bond donors (Lipinski definition) is 0. The summed E-state index contributed by atoms with van der Waals surface area (Å²) >= 11 is 0. The molecule has 0 aliphatic carbocycles. The van der Waals surface area contributed by atoms with Crippen LogP contribution in [0.1, 0.15) is 59.8 Å². The van der Waals surface area contributed by atoms with Crippen molar-refractivity contribution in [1.29, 1.82) is 0 Å². The Morgan fingerprint density at radius 2 is 1.79 bits per heavy atom. The van der Waals surface area contributed by atoms with E-state index in [0.29, 0.717) is 10.8 Å². The lowest BCUT2D eigenvalue weighted by Gasteiger charge is -2.33. The minimum atomic E-state index is -1.38. The molecule has 0 spiro atoms. The largest absolute Gasteiger partial charge is 0.417 e. The van der Waals surface area contributed by atoms with E-state index >= 15 is 0 Å². The second kappa shape index (κ2) is 6.44. The van der Waals surface area contributed by atoms with E-state index in [4.69, 9.17) is 4.43 Å². The van der Waals surface area contributed by atoms with E-state index in [0.717, 1.165) is 0 Å². The van der Waals surface area contributed by atoms with Gasteiger partial charge in [0.05, 0.1) is 8.07 Å². The Bertz CT molecular complexity index is 292. The van der Waals surface area contributed by atoms with Gasteiger partial charge in [-0.3, -0.25) is 0 Å². The molecule has 0 bridgehead atoms. The number of hydrogen-bond acceptors (Lipinski definition) is 1. The first-order valence-corrected chi connectivity index (χ1v) is 14.3. The maximum Gasteiger partial charge on any atom is 0.195 e. The predicted molar refractivity (Wildman–Crippen MR) is 92.1 cm³/mol. The molecule has 0 N–H and O–H groups in total. The van der Waals surface area contributed by atoms with E-state index in [1.54, 1.807) is 0 Å². The van der Waals surface area contributed by atoms with Crippen LogP contribution in [0.5, 0.6) is 0 Å². The van der Waals surface area contributed by atoms with Gasteiger partial charge in [-0.2, -0.15) is 0 Å². The molecule has 0 aromatic carbocycles. The van der Waals surface area contributed by atoms with Crippen LogP contribution in [0.3, 0.4) is 0 Å². The van der Waals surface area contributed by atoms with Crippen LogP contribution in [0.4, 0.5) is 0 Å². The Labute approximate surface area is 123 Å². The Balaban J connectivity index is 2.51. The van der Waals surface area contributed by atoms with Crippen molar-refractivity contribution < 1.29 is 4.43 Å². The van der Waals surface area contributed by atoms with Crippen LogP contribution in [-0.4, -0.2) is 22.1 Å². The molecule has 1 heterocycles. The summed E-state index contributed by atoms with van der Waals surface area (Å²) < 4.78 is 6.72. The molecule has 3 unspecified atom stereocenters. The lowest BCUT2D eigenvalue weighted by atomic mass is 10.1. The van der Waals surface area contributed by atoms with Gasteiger partial charge in [-0.25, -0.2) is 0 Å². The molecule has 1 nitrogen and oxygen atoms in total. The molecular formula is C16H36OSi2. The van der Waals surface area contributed by atoms with Crippen LogP contribution in [0.25, 0.3) is 0 Å². The topological polar surface area (TPSA) is 9.23 Å². The highest BCUT2D eigenvalue weighted by Gasteiger charge is 2.65. The van der Waals surface area contributed by atoms with Crippen LogP contribution in [-0.2, 0) is 4.43 Å². The van der Waals surface area contributed by atoms with E-state index in [2.05, 4.69) is 47.3 Å². The van der Waals surface area contributed by atoms with Gasteiger partial charge in [0.2, 0.25) is 0 Å². The highest BCUT2D eigenvalue weighted by Crippen LogP contribution is 2.66. The van der Waals surface area contributed by atoms with Crippen molar-refractivity contribution in [3.05, 3.63) is 0 Å². The Morgan fingerprint density at radius 3 is 2.32 bits per heavy atom. The Kier molecular flexibility index (Phi) is 5.91.